The number of amides is 1. The molecule has 0 unspecified atom stereocenters. The first kappa shape index (κ1) is 22.3. The number of para-hydroxylation sites is 1. The average molecular weight is 432 g/mol. The molecule has 1 saturated heterocycles. The first-order chi connectivity index (χ1) is 14.3. The van der Waals surface area contributed by atoms with Gasteiger partial charge in [0.25, 0.3) is 5.91 Å². The molecule has 1 amide bonds. The minimum atomic E-state index is -3.62. The predicted octanol–water partition coefficient (Wildman–Crippen LogP) is 2.13. The Kier molecular flexibility index (Phi) is 7.12. The highest BCUT2D eigenvalue weighted by molar-refractivity contribution is 7.89. The average Bonchev–Trinajstić information content (AvgIpc) is 2.73. The number of hydrogen-bond acceptors (Lipinski definition) is 5. The van der Waals surface area contributed by atoms with E-state index in [4.69, 9.17) is 4.74 Å². The highest BCUT2D eigenvalue weighted by Gasteiger charge is 2.28. The molecule has 2 aromatic rings. The van der Waals surface area contributed by atoms with Gasteiger partial charge in [-0.15, -0.1) is 0 Å². The summed E-state index contributed by atoms with van der Waals surface area (Å²) in [6.07, 6.45) is 0. The van der Waals surface area contributed by atoms with E-state index in [0.717, 1.165) is 11.3 Å². The summed E-state index contributed by atoms with van der Waals surface area (Å²) in [5, 5.41) is 2.87. The summed E-state index contributed by atoms with van der Waals surface area (Å²) >= 11 is 0. The summed E-state index contributed by atoms with van der Waals surface area (Å²) in [5.41, 5.74) is 1.34. The minimum absolute atomic E-state index is 0.142. The molecule has 0 aromatic heterocycles. The molecule has 2 aromatic carbocycles. The van der Waals surface area contributed by atoms with E-state index in [-0.39, 0.29) is 16.8 Å². The number of rotatable bonds is 7. The zero-order chi connectivity index (χ0) is 21.7. The van der Waals surface area contributed by atoms with Gasteiger partial charge in [0.05, 0.1) is 10.9 Å². The molecule has 1 aliphatic rings. The number of nitrogens with zero attached hydrogens (tertiary/aromatic N) is 2. The number of carbonyl (C=O) groups excluding carboxylic acids is 1. The Balaban J connectivity index is 1.63. The predicted molar refractivity (Wildman–Crippen MR) is 116 cm³/mol. The van der Waals surface area contributed by atoms with Gasteiger partial charge in [0.15, 0.2) is 0 Å². The smallest absolute Gasteiger partial charge is 0.251 e. The molecule has 0 saturated carbocycles. The fraction of sp³-hybridized carbons (Fsp3) is 0.409. The maximum absolute atomic E-state index is 12.9. The lowest BCUT2D eigenvalue weighted by Crippen LogP contribution is -2.47. The molecular weight excluding hydrogens is 402 g/mol. The lowest BCUT2D eigenvalue weighted by Gasteiger charge is -2.31. The second kappa shape index (κ2) is 9.59. The number of carbonyl (C=O) groups is 1. The molecule has 1 fully saturated rings. The fourth-order valence-electron chi connectivity index (χ4n) is 3.26. The van der Waals surface area contributed by atoms with Gasteiger partial charge < -0.3 is 15.0 Å². The van der Waals surface area contributed by atoms with Crippen molar-refractivity contribution >= 4 is 15.9 Å². The molecule has 0 bridgehead atoms. The molecular formula is C22H29N3O4S. The Labute approximate surface area is 178 Å². The summed E-state index contributed by atoms with van der Waals surface area (Å²) in [6.45, 7) is 6.41. The van der Waals surface area contributed by atoms with Crippen LogP contribution in [0, 0.1) is 6.92 Å². The fourth-order valence-corrected chi connectivity index (χ4v) is 4.73. The van der Waals surface area contributed by atoms with Crippen LogP contribution < -0.4 is 10.1 Å². The molecule has 1 heterocycles. The molecule has 1 atom stereocenters. The Morgan fingerprint density at radius 2 is 1.80 bits per heavy atom. The zero-order valence-corrected chi connectivity index (χ0v) is 18.5. The van der Waals surface area contributed by atoms with Crippen LogP contribution >= 0.6 is 0 Å². The van der Waals surface area contributed by atoms with Crippen LogP contribution in [0.1, 0.15) is 22.8 Å². The van der Waals surface area contributed by atoms with Gasteiger partial charge in [-0.2, -0.15) is 4.31 Å². The SMILES string of the molecule is Cc1ccccc1OC[C@H](C)NC(=O)c1cccc(S(=O)(=O)N2CCN(C)CC2)c1. The molecule has 7 nitrogen and oxygen atoms in total. The number of sulfonamides is 1. The van der Waals surface area contributed by atoms with Gasteiger partial charge in [0.1, 0.15) is 12.4 Å². The van der Waals surface area contributed by atoms with E-state index in [1.54, 1.807) is 12.1 Å². The van der Waals surface area contributed by atoms with Gasteiger partial charge in [-0.25, -0.2) is 8.42 Å². The van der Waals surface area contributed by atoms with Gasteiger partial charge in [0, 0.05) is 31.7 Å². The van der Waals surface area contributed by atoms with Crippen LogP contribution in [-0.4, -0.2) is 69.4 Å². The van der Waals surface area contributed by atoms with Crippen molar-refractivity contribution in [3.63, 3.8) is 0 Å². The Bertz CT molecular complexity index is 985. The monoisotopic (exact) mass is 431 g/mol. The van der Waals surface area contributed by atoms with Crippen molar-refractivity contribution in [3.05, 3.63) is 59.7 Å². The summed E-state index contributed by atoms with van der Waals surface area (Å²) in [5.74, 6) is 0.449. The Morgan fingerprint density at radius 1 is 1.10 bits per heavy atom. The summed E-state index contributed by atoms with van der Waals surface area (Å²) in [4.78, 5) is 14.9. The third-order valence-corrected chi connectivity index (χ3v) is 7.05. The van der Waals surface area contributed by atoms with Crippen LogP contribution in [-0.2, 0) is 10.0 Å². The van der Waals surface area contributed by atoms with E-state index in [0.29, 0.717) is 38.3 Å². The third kappa shape index (κ3) is 5.38. The van der Waals surface area contributed by atoms with Gasteiger partial charge >= 0.3 is 0 Å². The van der Waals surface area contributed by atoms with E-state index in [1.807, 2.05) is 45.2 Å². The van der Waals surface area contributed by atoms with Crippen LogP contribution in [0.5, 0.6) is 5.75 Å². The molecule has 1 aliphatic heterocycles. The van der Waals surface area contributed by atoms with Gasteiger partial charge in [-0.1, -0.05) is 24.3 Å². The maximum Gasteiger partial charge on any atom is 0.251 e. The van der Waals surface area contributed by atoms with Crippen LogP contribution in [0.25, 0.3) is 0 Å². The van der Waals surface area contributed by atoms with Crippen molar-refractivity contribution in [2.45, 2.75) is 24.8 Å². The normalized spacial score (nSPS) is 16.8. The van der Waals surface area contributed by atoms with Gasteiger partial charge in [-0.3, -0.25) is 4.79 Å². The highest BCUT2D eigenvalue weighted by Crippen LogP contribution is 2.19. The van der Waals surface area contributed by atoms with E-state index in [2.05, 4.69) is 10.2 Å². The molecule has 8 heteroatoms. The minimum Gasteiger partial charge on any atom is -0.491 e. The zero-order valence-electron chi connectivity index (χ0n) is 17.7. The molecule has 0 spiro atoms. The standard InChI is InChI=1S/C22H29N3O4S/c1-17-7-4-5-10-21(17)29-16-18(2)23-22(26)19-8-6-9-20(15-19)30(27,28)25-13-11-24(3)12-14-25/h4-10,15,18H,11-14,16H2,1-3H3,(H,23,26)/t18-/m0/s1. The van der Waals surface area contributed by atoms with E-state index in [1.165, 1.54) is 16.4 Å². The number of aryl methyl sites for hydroxylation is 1. The topological polar surface area (TPSA) is 78.9 Å². The lowest BCUT2D eigenvalue weighted by molar-refractivity contribution is 0.0926. The van der Waals surface area contributed by atoms with Crippen LogP contribution in [0.15, 0.2) is 53.4 Å². The number of ether oxygens (including phenoxy) is 1. The maximum atomic E-state index is 12.9. The molecule has 162 valence electrons. The van der Waals surface area contributed by atoms with Crippen molar-refractivity contribution in [2.75, 3.05) is 39.8 Å². The second-order valence-corrected chi connectivity index (χ2v) is 9.62. The van der Waals surface area contributed by atoms with Crippen molar-refractivity contribution in [1.82, 2.24) is 14.5 Å². The summed E-state index contributed by atoms with van der Waals surface area (Å²) < 4.78 is 33.1. The molecule has 0 aliphatic carbocycles. The number of nitrogens with one attached hydrogen (secondary N) is 1. The summed E-state index contributed by atoms with van der Waals surface area (Å²) in [6, 6.07) is 13.7. The Morgan fingerprint density at radius 3 is 2.50 bits per heavy atom. The van der Waals surface area contributed by atoms with Crippen molar-refractivity contribution in [2.24, 2.45) is 0 Å². The van der Waals surface area contributed by atoms with Gasteiger partial charge in [0.2, 0.25) is 10.0 Å². The molecule has 30 heavy (non-hydrogen) atoms. The second-order valence-electron chi connectivity index (χ2n) is 7.69. The van der Waals surface area contributed by atoms with Crippen molar-refractivity contribution in [3.8, 4) is 5.75 Å². The van der Waals surface area contributed by atoms with Crippen LogP contribution in [0.2, 0.25) is 0 Å². The van der Waals surface area contributed by atoms with Crippen molar-refractivity contribution in [1.29, 1.82) is 0 Å². The first-order valence-electron chi connectivity index (χ1n) is 10.1. The van der Waals surface area contributed by atoms with E-state index >= 15 is 0 Å². The van der Waals surface area contributed by atoms with Crippen molar-refractivity contribution < 1.29 is 17.9 Å². The first-order valence-corrected chi connectivity index (χ1v) is 11.5. The number of piperazine rings is 1. The molecule has 3 rings (SSSR count). The summed E-state index contributed by atoms with van der Waals surface area (Å²) in [7, 11) is -1.65. The number of benzene rings is 2. The third-order valence-electron chi connectivity index (χ3n) is 5.16. The highest BCUT2D eigenvalue weighted by atomic mass is 32.2. The largest absolute Gasteiger partial charge is 0.491 e. The Hall–Kier alpha value is -2.42. The number of likely N-dealkylation sites (N-methyl/N-ethyl adjacent to an activating group) is 1. The molecule has 0 radical (unpaired) electrons. The van der Waals surface area contributed by atoms with E-state index < -0.39 is 10.0 Å². The van der Waals surface area contributed by atoms with E-state index in [9.17, 15) is 13.2 Å². The van der Waals surface area contributed by atoms with Gasteiger partial charge in [-0.05, 0) is 50.7 Å². The lowest BCUT2D eigenvalue weighted by atomic mass is 10.2. The van der Waals surface area contributed by atoms with Crippen LogP contribution in [0.4, 0.5) is 0 Å². The molecule has 1 N–H and O–H groups in total. The van der Waals surface area contributed by atoms with Crippen LogP contribution in [0.3, 0.4) is 0 Å². The quantitative estimate of drug-likeness (QED) is 0.727. The number of hydrogen-bond donors (Lipinski definition) is 1.